The number of H-pyrrole nitrogens is 1. The van der Waals surface area contributed by atoms with Crippen LogP contribution in [0.15, 0.2) is 101 Å². The summed E-state index contributed by atoms with van der Waals surface area (Å²) in [6.45, 7) is 0. The van der Waals surface area contributed by atoms with Crippen LogP contribution in [0.25, 0.3) is 39.0 Å². The van der Waals surface area contributed by atoms with Gasteiger partial charge in [-0.25, -0.2) is 9.97 Å². The van der Waals surface area contributed by atoms with E-state index in [-0.39, 0.29) is 22.9 Å². The van der Waals surface area contributed by atoms with Crippen molar-refractivity contribution < 1.29 is 9.72 Å². The Morgan fingerprint density at radius 2 is 1.73 bits per heavy atom. The van der Waals surface area contributed by atoms with Crippen LogP contribution < -0.4 is 10.9 Å². The van der Waals surface area contributed by atoms with Crippen LogP contribution in [0.4, 0.5) is 11.4 Å². The Balaban J connectivity index is 1.19. The van der Waals surface area contributed by atoms with E-state index in [1.54, 1.807) is 78.9 Å². The average molecular weight is 583 g/mol. The molecule has 1 amide bonds. The molecule has 10 nitrogen and oxygen atoms in total. The zero-order valence-electron chi connectivity index (χ0n) is 21.1. The Labute approximate surface area is 241 Å². The van der Waals surface area contributed by atoms with Crippen molar-refractivity contribution in [2.45, 2.75) is 5.16 Å². The SMILES string of the molecule is O=C(CSc1nc2ccccc2c(=O)n1-c1ccc(Cl)cc1)Nc1ccc(-c2nc3ccc([N+](=O)[O-])cc3[nH]2)cc1. The summed E-state index contributed by atoms with van der Waals surface area (Å²) in [5.74, 6) is 0.294. The highest BCUT2D eigenvalue weighted by molar-refractivity contribution is 7.99. The van der Waals surface area contributed by atoms with Crippen LogP contribution in [0, 0.1) is 10.1 Å². The highest BCUT2D eigenvalue weighted by atomic mass is 35.5. The number of anilines is 1. The largest absolute Gasteiger partial charge is 0.338 e. The number of thioether (sulfide) groups is 1. The van der Waals surface area contributed by atoms with Crippen LogP contribution in [0.2, 0.25) is 5.02 Å². The maximum absolute atomic E-state index is 13.4. The van der Waals surface area contributed by atoms with Crippen LogP contribution in [-0.2, 0) is 4.79 Å². The number of carbonyl (C=O) groups excluding carboxylic acids is 1. The first-order chi connectivity index (χ1) is 19.9. The number of imidazole rings is 1. The van der Waals surface area contributed by atoms with Gasteiger partial charge in [-0.2, -0.15) is 0 Å². The van der Waals surface area contributed by atoms with E-state index in [0.717, 1.165) is 17.3 Å². The second-order valence-electron chi connectivity index (χ2n) is 8.99. The average Bonchev–Trinajstić information content (AvgIpc) is 3.41. The van der Waals surface area contributed by atoms with Crippen molar-refractivity contribution in [2.24, 2.45) is 0 Å². The van der Waals surface area contributed by atoms with E-state index in [2.05, 4.69) is 20.3 Å². The molecule has 6 aromatic rings. The number of nitro benzene ring substituents is 1. The molecule has 0 aliphatic rings. The first-order valence-electron chi connectivity index (χ1n) is 12.3. The smallest absolute Gasteiger partial charge is 0.271 e. The second kappa shape index (κ2) is 10.9. The molecule has 0 spiro atoms. The molecule has 0 radical (unpaired) electrons. The molecule has 0 aliphatic carbocycles. The molecule has 2 heterocycles. The first kappa shape index (κ1) is 26.2. The molecule has 202 valence electrons. The van der Waals surface area contributed by atoms with E-state index in [1.807, 2.05) is 0 Å². The molecular formula is C29H19ClN6O4S. The highest BCUT2D eigenvalue weighted by Gasteiger charge is 2.16. The van der Waals surface area contributed by atoms with E-state index in [9.17, 15) is 19.7 Å². The number of rotatable bonds is 7. The third-order valence-electron chi connectivity index (χ3n) is 6.28. The number of halogens is 1. The second-order valence-corrected chi connectivity index (χ2v) is 10.4. The maximum Gasteiger partial charge on any atom is 0.271 e. The quantitative estimate of drug-likeness (QED) is 0.0986. The zero-order chi connectivity index (χ0) is 28.5. The van der Waals surface area contributed by atoms with Crippen molar-refractivity contribution in [3.05, 3.63) is 116 Å². The van der Waals surface area contributed by atoms with Gasteiger partial charge < -0.3 is 10.3 Å². The summed E-state index contributed by atoms with van der Waals surface area (Å²) < 4.78 is 1.48. The number of nitrogens with zero attached hydrogens (tertiary/aromatic N) is 4. The molecule has 12 heteroatoms. The lowest BCUT2D eigenvalue weighted by atomic mass is 10.2. The van der Waals surface area contributed by atoms with Crippen molar-refractivity contribution in [1.29, 1.82) is 0 Å². The van der Waals surface area contributed by atoms with Gasteiger partial charge in [-0.15, -0.1) is 0 Å². The van der Waals surface area contributed by atoms with Crippen molar-refractivity contribution in [2.75, 3.05) is 11.1 Å². The first-order valence-corrected chi connectivity index (χ1v) is 13.7. The van der Waals surface area contributed by atoms with E-state index in [0.29, 0.717) is 49.3 Å². The minimum atomic E-state index is -0.456. The normalized spacial score (nSPS) is 11.1. The molecule has 2 N–H and O–H groups in total. The van der Waals surface area contributed by atoms with Crippen molar-refractivity contribution in [3.8, 4) is 17.1 Å². The van der Waals surface area contributed by atoms with Gasteiger partial charge in [0.15, 0.2) is 5.16 Å². The standard InChI is InChI=1S/C29H19ClN6O4S/c30-18-7-11-20(12-8-18)35-28(38)22-3-1-2-4-23(22)34-29(35)41-16-26(37)31-19-9-5-17(6-10-19)27-32-24-14-13-21(36(39)40)15-25(24)33-27/h1-15H,16H2,(H,31,37)(H,32,33). The molecule has 41 heavy (non-hydrogen) atoms. The van der Waals surface area contributed by atoms with Crippen molar-refractivity contribution >= 4 is 62.6 Å². The lowest BCUT2D eigenvalue weighted by molar-refractivity contribution is -0.384. The molecule has 4 aromatic carbocycles. The van der Waals surface area contributed by atoms with Gasteiger partial charge in [0.25, 0.3) is 11.2 Å². The maximum atomic E-state index is 13.4. The number of fused-ring (bicyclic) bond motifs is 2. The van der Waals surface area contributed by atoms with Gasteiger partial charge in [-0.1, -0.05) is 35.5 Å². The van der Waals surface area contributed by atoms with Gasteiger partial charge >= 0.3 is 0 Å². The van der Waals surface area contributed by atoms with Gasteiger partial charge in [0.05, 0.1) is 38.3 Å². The summed E-state index contributed by atoms with van der Waals surface area (Å²) in [5, 5.41) is 15.3. The summed E-state index contributed by atoms with van der Waals surface area (Å²) in [7, 11) is 0. The summed E-state index contributed by atoms with van der Waals surface area (Å²) in [5.41, 5.74) is 3.38. The zero-order valence-corrected chi connectivity index (χ0v) is 22.6. The molecule has 0 atom stereocenters. The van der Waals surface area contributed by atoms with Crippen LogP contribution in [0.3, 0.4) is 0 Å². The number of hydrogen-bond acceptors (Lipinski definition) is 7. The number of nitro groups is 1. The molecule has 0 unspecified atom stereocenters. The highest BCUT2D eigenvalue weighted by Crippen LogP contribution is 2.26. The Morgan fingerprint density at radius 1 is 0.976 bits per heavy atom. The third kappa shape index (κ3) is 5.40. The van der Waals surface area contributed by atoms with E-state index < -0.39 is 4.92 Å². The van der Waals surface area contributed by atoms with Crippen LogP contribution in [0.5, 0.6) is 0 Å². The predicted octanol–water partition coefficient (Wildman–Crippen LogP) is 6.22. The lowest BCUT2D eigenvalue weighted by Gasteiger charge is -2.13. The minimum Gasteiger partial charge on any atom is -0.338 e. The molecular weight excluding hydrogens is 564 g/mol. The molecule has 0 bridgehead atoms. The Hall–Kier alpha value is -5.00. The number of aromatic nitrogens is 4. The number of hydrogen-bond donors (Lipinski definition) is 2. The fourth-order valence-electron chi connectivity index (χ4n) is 4.31. The monoisotopic (exact) mass is 582 g/mol. The van der Waals surface area contributed by atoms with Crippen LogP contribution >= 0.6 is 23.4 Å². The minimum absolute atomic E-state index is 0.0163. The fourth-order valence-corrected chi connectivity index (χ4v) is 5.25. The predicted molar refractivity (Wildman–Crippen MR) is 160 cm³/mol. The number of aromatic amines is 1. The number of carbonyl (C=O) groups is 1. The van der Waals surface area contributed by atoms with E-state index >= 15 is 0 Å². The third-order valence-corrected chi connectivity index (χ3v) is 7.47. The number of nitrogens with one attached hydrogen (secondary N) is 2. The fraction of sp³-hybridized carbons (Fsp3) is 0.0345. The summed E-state index contributed by atoms with van der Waals surface area (Å²) in [4.78, 5) is 49.0. The van der Waals surface area contributed by atoms with Gasteiger partial charge in [0.1, 0.15) is 5.82 Å². The van der Waals surface area contributed by atoms with E-state index in [1.165, 1.54) is 16.7 Å². The van der Waals surface area contributed by atoms with Crippen LogP contribution in [-0.4, -0.2) is 36.1 Å². The number of para-hydroxylation sites is 1. The summed E-state index contributed by atoms with van der Waals surface area (Å²) >= 11 is 7.20. The summed E-state index contributed by atoms with van der Waals surface area (Å²) in [6, 6.07) is 25.4. The number of benzene rings is 4. The van der Waals surface area contributed by atoms with Gasteiger partial charge in [-0.3, -0.25) is 24.3 Å². The Bertz CT molecular complexity index is 2010. The van der Waals surface area contributed by atoms with E-state index in [4.69, 9.17) is 11.6 Å². The summed E-state index contributed by atoms with van der Waals surface area (Å²) in [6.07, 6.45) is 0. The lowest BCUT2D eigenvalue weighted by Crippen LogP contribution is -2.22. The van der Waals surface area contributed by atoms with Gasteiger partial charge in [0, 0.05) is 28.4 Å². The Morgan fingerprint density at radius 3 is 2.49 bits per heavy atom. The topological polar surface area (TPSA) is 136 Å². The molecule has 0 fully saturated rings. The van der Waals surface area contributed by atoms with Crippen molar-refractivity contribution in [3.63, 3.8) is 0 Å². The molecule has 6 rings (SSSR count). The molecule has 0 saturated carbocycles. The van der Waals surface area contributed by atoms with Crippen LogP contribution in [0.1, 0.15) is 0 Å². The molecule has 0 aliphatic heterocycles. The van der Waals surface area contributed by atoms with Crippen molar-refractivity contribution in [1.82, 2.24) is 19.5 Å². The molecule has 0 saturated heterocycles. The Kier molecular flexibility index (Phi) is 6.96. The molecule has 2 aromatic heterocycles. The number of non-ortho nitro benzene ring substituents is 1. The number of amides is 1. The van der Waals surface area contributed by atoms with Gasteiger partial charge in [-0.05, 0) is 66.7 Å². The van der Waals surface area contributed by atoms with Gasteiger partial charge in [0.2, 0.25) is 5.91 Å².